The summed E-state index contributed by atoms with van der Waals surface area (Å²) in [5.41, 5.74) is 10.5. The first-order valence-electron chi connectivity index (χ1n) is 11.2. The molecule has 0 unspecified atom stereocenters. The average molecular weight is 479 g/mol. The van der Waals surface area contributed by atoms with Crippen LogP contribution in [0.1, 0.15) is 31.2 Å². The van der Waals surface area contributed by atoms with Gasteiger partial charge in [-0.25, -0.2) is 23.1 Å². The summed E-state index contributed by atoms with van der Waals surface area (Å²) < 4.78 is 30.9. The molecule has 1 fully saturated rings. The summed E-state index contributed by atoms with van der Waals surface area (Å²) in [6.07, 6.45) is 9.00. The smallest absolute Gasteiger partial charge is 0.240 e. The molecule has 10 heteroatoms. The summed E-state index contributed by atoms with van der Waals surface area (Å²) in [5.74, 6) is 0.273. The van der Waals surface area contributed by atoms with Gasteiger partial charge in [0.25, 0.3) is 0 Å². The van der Waals surface area contributed by atoms with Crippen molar-refractivity contribution in [2.24, 2.45) is 0 Å². The Morgan fingerprint density at radius 3 is 2.68 bits per heavy atom. The van der Waals surface area contributed by atoms with Crippen molar-refractivity contribution in [2.75, 3.05) is 5.73 Å². The SMILES string of the molecule is Cc1ccc(S(=O)(=O)NC2CCC(O)CC2)cc1-c1cnc2c(N)nc(-c3cccnc3)cn12. The number of nitrogens with one attached hydrogen (secondary N) is 1. The number of nitrogens with zero attached hydrogens (tertiary/aromatic N) is 4. The summed E-state index contributed by atoms with van der Waals surface area (Å²) in [4.78, 5) is 13.2. The van der Waals surface area contributed by atoms with Gasteiger partial charge in [0.1, 0.15) is 0 Å². The topological polar surface area (TPSA) is 136 Å². The third kappa shape index (κ3) is 4.27. The molecular formula is C24H26N6O3S. The number of pyridine rings is 1. The van der Waals surface area contributed by atoms with Gasteiger partial charge >= 0.3 is 0 Å². The van der Waals surface area contributed by atoms with Crippen molar-refractivity contribution in [1.29, 1.82) is 0 Å². The number of benzene rings is 1. The molecule has 4 aromatic rings. The Morgan fingerprint density at radius 2 is 1.94 bits per heavy atom. The minimum Gasteiger partial charge on any atom is -0.393 e. The highest BCUT2D eigenvalue weighted by Crippen LogP contribution is 2.30. The van der Waals surface area contributed by atoms with Gasteiger partial charge in [-0.1, -0.05) is 6.07 Å². The van der Waals surface area contributed by atoms with Crippen LogP contribution in [0.15, 0.2) is 60.0 Å². The molecule has 0 bridgehead atoms. The largest absolute Gasteiger partial charge is 0.393 e. The van der Waals surface area contributed by atoms with Crippen LogP contribution in [-0.2, 0) is 10.0 Å². The minimum atomic E-state index is -3.73. The number of hydrogen-bond donors (Lipinski definition) is 3. The van der Waals surface area contributed by atoms with Gasteiger partial charge in [0, 0.05) is 35.8 Å². The Bertz CT molecular complexity index is 1440. The molecule has 3 heterocycles. The fraction of sp³-hybridized carbons (Fsp3) is 0.292. The normalized spacial score (nSPS) is 18.9. The molecule has 1 saturated carbocycles. The summed E-state index contributed by atoms with van der Waals surface area (Å²) in [6, 6.07) is 8.61. The second-order valence-electron chi connectivity index (χ2n) is 8.69. The number of nitrogens with two attached hydrogens (primary N) is 1. The van der Waals surface area contributed by atoms with Gasteiger partial charge in [-0.05, 0) is 62.4 Å². The van der Waals surface area contributed by atoms with E-state index < -0.39 is 10.0 Å². The number of nitrogen functional groups attached to an aromatic ring is 1. The molecule has 1 aliphatic rings. The molecule has 0 radical (unpaired) electrons. The molecule has 176 valence electrons. The van der Waals surface area contributed by atoms with Crippen molar-refractivity contribution in [2.45, 2.75) is 49.6 Å². The lowest BCUT2D eigenvalue weighted by molar-refractivity contribution is 0.120. The van der Waals surface area contributed by atoms with E-state index in [1.807, 2.05) is 29.7 Å². The fourth-order valence-electron chi connectivity index (χ4n) is 4.39. The van der Waals surface area contributed by atoms with E-state index in [2.05, 4.69) is 19.7 Å². The highest BCUT2D eigenvalue weighted by Gasteiger charge is 2.25. The summed E-state index contributed by atoms with van der Waals surface area (Å²) in [6.45, 7) is 1.92. The monoisotopic (exact) mass is 478 g/mol. The Kier molecular flexibility index (Phi) is 5.80. The van der Waals surface area contributed by atoms with Crippen LogP contribution in [0.25, 0.3) is 28.2 Å². The Labute approximate surface area is 197 Å². The number of aromatic nitrogens is 4. The number of sulfonamides is 1. The quantitative estimate of drug-likeness (QED) is 0.401. The van der Waals surface area contributed by atoms with Crippen LogP contribution in [0, 0.1) is 6.92 Å². The second-order valence-corrected chi connectivity index (χ2v) is 10.4. The molecule has 4 N–H and O–H groups in total. The number of hydrogen-bond acceptors (Lipinski definition) is 7. The molecule has 0 aliphatic heterocycles. The molecular weight excluding hydrogens is 452 g/mol. The molecule has 0 atom stereocenters. The number of rotatable bonds is 5. The summed E-state index contributed by atoms with van der Waals surface area (Å²) in [5, 5.41) is 9.71. The molecule has 3 aromatic heterocycles. The first-order valence-corrected chi connectivity index (χ1v) is 12.7. The van der Waals surface area contributed by atoms with Crippen molar-refractivity contribution < 1.29 is 13.5 Å². The molecule has 0 saturated heterocycles. The second kappa shape index (κ2) is 8.79. The highest BCUT2D eigenvalue weighted by molar-refractivity contribution is 7.89. The van der Waals surface area contributed by atoms with Crippen molar-refractivity contribution in [3.63, 3.8) is 0 Å². The van der Waals surface area contributed by atoms with E-state index >= 15 is 0 Å². The zero-order valence-corrected chi connectivity index (χ0v) is 19.5. The van der Waals surface area contributed by atoms with Crippen molar-refractivity contribution >= 4 is 21.5 Å². The van der Waals surface area contributed by atoms with E-state index in [1.165, 1.54) is 0 Å². The Morgan fingerprint density at radius 1 is 1.15 bits per heavy atom. The Hall–Kier alpha value is -3.34. The zero-order valence-electron chi connectivity index (χ0n) is 18.7. The third-order valence-electron chi connectivity index (χ3n) is 6.29. The highest BCUT2D eigenvalue weighted by atomic mass is 32.2. The van der Waals surface area contributed by atoms with Crippen LogP contribution in [0.4, 0.5) is 5.82 Å². The zero-order chi connectivity index (χ0) is 23.9. The maximum Gasteiger partial charge on any atom is 0.240 e. The maximum atomic E-state index is 13.1. The lowest BCUT2D eigenvalue weighted by Crippen LogP contribution is -2.38. The van der Waals surface area contributed by atoms with Crippen LogP contribution in [0.5, 0.6) is 0 Å². The lowest BCUT2D eigenvalue weighted by atomic mass is 9.94. The fourth-order valence-corrected chi connectivity index (χ4v) is 5.72. The van der Waals surface area contributed by atoms with Crippen molar-refractivity contribution in [3.8, 4) is 22.5 Å². The van der Waals surface area contributed by atoms with E-state index in [1.54, 1.807) is 36.8 Å². The maximum absolute atomic E-state index is 13.1. The van der Waals surface area contributed by atoms with E-state index in [0.717, 1.165) is 16.7 Å². The predicted octanol–water partition coefficient (Wildman–Crippen LogP) is 2.93. The Balaban J connectivity index is 1.55. The number of imidazole rings is 1. The average Bonchev–Trinajstić information content (AvgIpc) is 3.25. The number of aliphatic hydroxyl groups excluding tert-OH is 1. The molecule has 0 amide bonds. The predicted molar refractivity (Wildman–Crippen MR) is 129 cm³/mol. The molecule has 0 spiro atoms. The van der Waals surface area contributed by atoms with Crippen molar-refractivity contribution in [1.82, 2.24) is 24.1 Å². The standard InChI is InChI=1S/C24H26N6O3S/c1-15-4-9-19(34(32,33)29-17-5-7-18(31)8-6-17)11-20(15)22-13-27-24-23(25)28-21(14-30(22)24)16-3-2-10-26-12-16/h2-4,9-14,17-18,29,31H,5-8H2,1H3,(H2,25,28). The van der Waals surface area contributed by atoms with Crippen LogP contribution in [0.2, 0.25) is 0 Å². The first kappa shape index (κ1) is 22.5. The summed E-state index contributed by atoms with van der Waals surface area (Å²) >= 11 is 0. The summed E-state index contributed by atoms with van der Waals surface area (Å²) in [7, 11) is -3.73. The van der Waals surface area contributed by atoms with Gasteiger partial charge in [0.2, 0.25) is 10.0 Å². The molecule has 34 heavy (non-hydrogen) atoms. The molecule has 1 aliphatic carbocycles. The van der Waals surface area contributed by atoms with Gasteiger partial charge < -0.3 is 10.8 Å². The number of anilines is 1. The van der Waals surface area contributed by atoms with E-state index in [-0.39, 0.29) is 22.9 Å². The molecule has 9 nitrogen and oxygen atoms in total. The molecule has 5 rings (SSSR count). The third-order valence-corrected chi connectivity index (χ3v) is 7.81. The number of fused-ring (bicyclic) bond motifs is 1. The van der Waals surface area contributed by atoms with Crippen LogP contribution < -0.4 is 10.5 Å². The van der Waals surface area contributed by atoms with Gasteiger partial charge in [-0.2, -0.15) is 0 Å². The lowest BCUT2D eigenvalue weighted by Gasteiger charge is -2.26. The van der Waals surface area contributed by atoms with E-state index in [4.69, 9.17) is 5.73 Å². The van der Waals surface area contributed by atoms with Crippen LogP contribution >= 0.6 is 0 Å². The minimum absolute atomic E-state index is 0.179. The molecule has 1 aromatic carbocycles. The number of aryl methyl sites for hydroxylation is 1. The van der Waals surface area contributed by atoms with Gasteiger partial charge in [0.05, 0.1) is 28.6 Å². The van der Waals surface area contributed by atoms with E-state index in [9.17, 15) is 13.5 Å². The van der Waals surface area contributed by atoms with E-state index in [0.29, 0.717) is 42.7 Å². The van der Waals surface area contributed by atoms with Crippen LogP contribution in [0.3, 0.4) is 0 Å². The van der Waals surface area contributed by atoms with Gasteiger partial charge in [-0.3, -0.25) is 9.38 Å². The number of aliphatic hydroxyl groups is 1. The van der Waals surface area contributed by atoms with Gasteiger partial charge in [0.15, 0.2) is 11.5 Å². The van der Waals surface area contributed by atoms with Crippen molar-refractivity contribution in [3.05, 3.63) is 60.7 Å². The van der Waals surface area contributed by atoms with Gasteiger partial charge in [-0.15, -0.1) is 0 Å². The van der Waals surface area contributed by atoms with Crippen LogP contribution in [-0.4, -0.2) is 45.0 Å². The first-order chi connectivity index (χ1) is 16.3.